The highest BCUT2D eigenvalue weighted by molar-refractivity contribution is 5.73. The van der Waals surface area contributed by atoms with Crippen molar-refractivity contribution in [2.45, 2.75) is 44.9 Å². The van der Waals surface area contributed by atoms with Crippen LogP contribution in [0.4, 0.5) is 4.79 Å². The van der Waals surface area contributed by atoms with Crippen LogP contribution < -0.4 is 10.6 Å². The Labute approximate surface area is 132 Å². The summed E-state index contributed by atoms with van der Waals surface area (Å²) in [6.45, 7) is 1.70. The molecule has 2 unspecified atom stereocenters. The first kappa shape index (κ1) is 16.8. The van der Waals surface area contributed by atoms with Gasteiger partial charge in [0.2, 0.25) is 0 Å². The Kier molecular flexibility index (Phi) is 6.68. The van der Waals surface area contributed by atoms with Gasteiger partial charge in [-0.3, -0.25) is 0 Å². The molecule has 1 aliphatic carbocycles. The molecule has 1 aliphatic rings. The molecular formula is C17H26N2O3. The second-order valence-corrected chi connectivity index (χ2v) is 6.00. The van der Waals surface area contributed by atoms with Crippen LogP contribution in [0.25, 0.3) is 0 Å². The lowest BCUT2D eigenvalue weighted by Gasteiger charge is -2.25. The van der Waals surface area contributed by atoms with Crippen molar-refractivity contribution in [1.82, 2.24) is 10.6 Å². The molecule has 5 heteroatoms. The van der Waals surface area contributed by atoms with Gasteiger partial charge in [-0.1, -0.05) is 30.7 Å². The molecular weight excluding hydrogens is 280 g/mol. The molecule has 1 aromatic rings. The van der Waals surface area contributed by atoms with Crippen molar-refractivity contribution in [1.29, 1.82) is 0 Å². The highest BCUT2D eigenvalue weighted by Gasteiger charge is 2.20. The van der Waals surface area contributed by atoms with Gasteiger partial charge < -0.3 is 20.5 Å². The van der Waals surface area contributed by atoms with Crippen LogP contribution in [0, 0.1) is 5.92 Å². The topological polar surface area (TPSA) is 70.6 Å². The maximum Gasteiger partial charge on any atom is 0.315 e. The number of ether oxygens (including phenoxy) is 1. The lowest BCUT2D eigenvalue weighted by atomic mass is 9.87. The first-order valence-electron chi connectivity index (χ1n) is 7.94. The van der Waals surface area contributed by atoms with Gasteiger partial charge in [-0.15, -0.1) is 0 Å². The number of carbonyl (C=O) groups excluding carboxylic acids is 1. The third-order valence-corrected chi connectivity index (χ3v) is 4.06. The van der Waals surface area contributed by atoms with Crippen LogP contribution in [-0.2, 0) is 17.9 Å². The van der Waals surface area contributed by atoms with E-state index in [1.54, 1.807) is 7.11 Å². The van der Waals surface area contributed by atoms with E-state index in [0.29, 0.717) is 25.6 Å². The average molecular weight is 306 g/mol. The second kappa shape index (κ2) is 8.76. The van der Waals surface area contributed by atoms with Crippen molar-refractivity contribution in [3.8, 4) is 0 Å². The molecule has 2 atom stereocenters. The fraction of sp³-hybridized carbons (Fsp3) is 0.588. The number of hydrogen-bond donors (Lipinski definition) is 3. The van der Waals surface area contributed by atoms with Crippen LogP contribution in [-0.4, -0.2) is 30.9 Å². The molecule has 5 nitrogen and oxygen atoms in total. The van der Waals surface area contributed by atoms with Crippen molar-refractivity contribution in [2.75, 3.05) is 13.7 Å². The van der Waals surface area contributed by atoms with E-state index < -0.39 is 0 Å². The molecule has 1 saturated carbocycles. The smallest absolute Gasteiger partial charge is 0.315 e. The van der Waals surface area contributed by atoms with Gasteiger partial charge in [-0.25, -0.2) is 4.79 Å². The number of aliphatic hydroxyl groups is 1. The Morgan fingerprint density at radius 3 is 2.91 bits per heavy atom. The fourth-order valence-electron chi connectivity index (χ4n) is 2.93. The van der Waals surface area contributed by atoms with Crippen LogP contribution in [0.15, 0.2) is 24.3 Å². The van der Waals surface area contributed by atoms with E-state index in [9.17, 15) is 9.90 Å². The minimum absolute atomic E-state index is 0.155. The molecule has 0 heterocycles. The monoisotopic (exact) mass is 306 g/mol. The average Bonchev–Trinajstić information content (AvgIpc) is 2.52. The van der Waals surface area contributed by atoms with Crippen LogP contribution >= 0.6 is 0 Å². The van der Waals surface area contributed by atoms with Crippen LogP contribution in [0.5, 0.6) is 0 Å². The van der Waals surface area contributed by atoms with Crippen LogP contribution in [0.1, 0.15) is 36.8 Å². The van der Waals surface area contributed by atoms with Crippen molar-refractivity contribution in [3.63, 3.8) is 0 Å². The Hall–Kier alpha value is -1.59. The van der Waals surface area contributed by atoms with Gasteiger partial charge in [-0.05, 0) is 36.3 Å². The number of benzene rings is 1. The van der Waals surface area contributed by atoms with Crippen molar-refractivity contribution in [2.24, 2.45) is 5.92 Å². The summed E-state index contributed by atoms with van der Waals surface area (Å²) in [5.41, 5.74) is 2.15. The van der Waals surface area contributed by atoms with Crippen molar-refractivity contribution < 1.29 is 14.6 Å². The Balaban J connectivity index is 1.70. The van der Waals surface area contributed by atoms with E-state index in [4.69, 9.17) is 4.74 Å². The molecule has 0 aliphatic heterocycles. The van der Waals surface area contributed by atoms with Crippen LogP contribution in [0.2, 0.25) is 0 Å². The summed E-state index contributed by atoms with van der Waals surface area (Å²) in [6.07, 6.45) is 3.60. The summed E-state index contributed by atoms with van der Waals surface area (Å²) in [6, 6.07) is 7.82. The molecule has 2 rings (SSSR count). The summed E-state index contributed by atoms with van der Waals surface area (Å²) in [5.74, 6) is 0.388. The number of aliphatic hydroxyl groups excluding tert-OH is 1. The number of urea groups is 1. The Bertz CT molecular complexity index is 479. The molecule has 0 radical (unpaired) electrons. The molecule has 0 saturated heterocycles. The number of methoxy groups -OCH3 is 1. The lowest BCUT2D eigenvalue weighted by molar-refractivity contribution is 0.101. The number of carbonyl (C=O) groups is 1. The predicted octanol–water partition coefficient (Wildman–Crippen LogP) is 2.18. The summed E-state index contributed by atoms with van der Waals surface area (Å²) in [4.78, 5) is 11.8. The first-order valence-corrected chi connectivity index (χ1v) is 7.94. The summed E-state index contributed by atoms with van der Waals surface area (Å²) < 4.78 is 5.10. The molecule has 122 valence electrons. The molecule has 3 N–H and O–H groups in total. The van der Waals surface area contributed by atoms with E-state index >= 15 is 0 Å². The van der Waals surface area contributed by atoms with E-state index in [-0.39, 0.29) is 12.1 Å². The Morgan fingerprint density at radius 1 is 1.32 bits per heavy atom. The number of nitrogens with one attached hydrogen (secondary N) is 2. The third kappa shape index (κ3) is 5.66. The Morgan fingerprint density at radius 2 is 2.14 bits per heavy atom. The summed E-state index contributed by atoms with van der Waals surface area (Å²) >= 11 is 0. The standard InChI is InChI=1S/C17H26N2O3/c1-22-12-15-6-2-4-13(8-15)10-18-17(21)19-11-14-5-3-7-16(20)9-14/h2,4,6,8,14,16,20H,3,5,7,9-12H2,1H3,(H2,18,19,21). The van der Waals surface area contributed by atoms with Gasteiger partial charge in [0.05, 0.1) is 12.7 Å². The van der Waals surface area contributed by atoms with E-state index in [0.717, 1.165) is 36.8 Å². The highest BCUT2D eigenvalue weighted by Crippen LogP contribution is 2.23. The van der Waals surface area contributed by atoms with Gasteiger partial charge in [-0.2, -0.15) is 0 Å². The predicted molar refractivity (Wildman–Crippen MR) is 85.4 cm³/mol. The molecule has 0 spiro atoms. The number of hydrogen-bond acceptors (Lipinski definition) is 3. The molecule has 22 heavy (non-hydrogen) atoms. The van der Waals surface area contributed by atoms with Gasteiger partial charge in [0.25, 0.3) is 0 Å². The highest BCUT2D eigenvalue weighted by atomic mass is 16.5. The van der Waals surface area contributed by atoms with E-state index in [1.165, 1.54) is 0 Å². The minimum atomic E-state index is -0.202. The number of rotatable bonds is 6. The van der Waals surface area contributed by atoms with Gasteiger partial charge >= 0.3 is 6.03 Å². The fourth-order valence-corrected chi connectivity index (χ4v) is 2.93. The van der Waals surface area contributed by atoms with Crippen molar-refractivity contribution in [3.05, 3.63) is 35.4 Å². The normalized spacial score (nSPS) is 21.4. The third-order valence-electron chi connectivity index (χ3n) is 4.06. The van der Waals surface area contributed by atoms with Crippen LogP contribution in [0.3, 0.4) is 0 Å². The lowest BCUT2D eigenvalue weighted by Crippen LogP contribution is -2.39. The molecule has 0 aromatic heterocycles. The van der Waals surface area contributed by atoms with E-state index in [1.807, 2.05) is 24.3 Å². The quantitative estimate of drug-likeness (QED) is 0.754. The molecule has 0 bridgehead atoms. The number of amides is 2. The molecule has 1 aromatic carbocycles. The summed E-state index contributed by atoms with van der Waals surface area (Å²) in [5, 5.41) is 15.4. The zero-order valence-electron chi connectivity index (χ0n) is 13.2. The molecule has 1 fully saturated rings. The van der Waals surface area contributed by atoms with Crippen molar-refractivity contribution >= 4 is 6.03 Å². The maximum atomic E-state index is 11.8. The maximum absolute atomic E-state index is 11.8. The zero-order valence-corrected chi connectivity index (χ0v) is 13.2. The SMILES string of the molecule is COCc1cccc(CNC(=O)NCC2CCCC(O)C2)c1. The first-order chi connectivity index (χ1) is 10.7. The molecule has 2 amide bonds. The zero-order chi connectivity index (χ0) is 15.8. The van der Waals surface area contributed by atoms with E-state index in [2.05, 4.69) is 10.6 Å². The van der Waals surface area contributed by atoms with Gasteiger partial charge in [0.1, 0.15) is 0 Å². The largest absolute Gasteiger partial charge is 0.393 e. The van der Waals surface area contributed by atoms with Gasteiger partial charge in [0, 0.05) is 20.2 Å². The van der Waals surface area contributed by atoms with Gasteiger partial charge in [0.15, 0.2) is 0 Å². The second-order valence-electron chi connectivity index (χ2n) is 6.00. The minimum Gasteiger partial charge on any atom is -0.393 e. The summed E-state index contributed by atoms with van der Waals surface area (Å²) in [7, 11) is 1.67.